The minimum absolute atomic E-state index is 0.0108. The van der Waals surface area contributed by atoms with Crippen LogP contribution in [0.1, 0.15) is 37.7 Å². The fraction of sp³-hybridized carbons (Fsp3) is 0.318. The van der Waals surface area contributed by atoms with Crippen molar-refractivity contribution in [3.8, 4) is 11.5 Å². The number of thioether (sulfide) groups is 1. The Bertz CT molecular complexity index is 1050. The molecule has 1 aliphatic carbocycles. The van der Waals surface area contributed by atoms with Crippen LogP contribution in [0.5, 0.6) is 11.5 Å². The Labute approximate surface area is 183 Å². The van der Waals surface area contributed by atoms with Crippen LogP contribution in [0, 0.1) is 0 Å². The summed E-state index contributed by atoms with van der Waals surface area (Å²) >= 11 is 7.60. The number of nitrogens with zero attached hydrogens (tertiary/aromatic N) is 3. The highest BCUT2D eigenvalue weighted by molar-refractivity contribution is 8.18. The first kappa shape index (κ1) is 19.5. The number of aromatic nitrogens is 1. The number of benzene rings is 1. The lowest BCUT2D eigenvalue weighted by Crippen LogP contribution is -2.40. The Morgan fingerprint density at radius 3 is 2.83 bits per heavy atom. The zero-order valence-corrected chi connectivity index (χ0v) is 17.8. The molecule has 5 rings (SSSR count). The van der Waals surface area contributed by atoms with Gasteiger partial charge in [0, 0.05) is 12.2 Å². The summed E-state index contributed by atoms with van der Waals surface area (Å²) in [6, 6.07) is 9.44. The van der Waals surface area contributed by atoms with E-state index < -0.39 is 0 Å². The summed E-state index contributed by atoms with van der Waals surface area (Å²) in [5, 5.41) is 0.989. The van der Waals surface area contributed by atoms with Crippen LogP contribution in [0.4, 0.5) is 5.69 Å². The lowest BCUT2D eigenvalue weighted by atomic mass is 9.94. The molecule has 2 aromatic rings. The number of amides is 1. The largest absolute Gasteiger partial charge is 0.454 e. The molecule has 1 amide bonds. The number of pyridine rings is 1. The molecule has 1 saturated carbocycles. The molecule has 1 aromatic heterocycles. The number of aliphatic imine (C=N–C) groups is 1. The maximum atomic E-state index is 13.4. The van der Waals surface area contributed by atoms with Gasteiger partial charge in [0.2, 0.25) is 6.79 Å². The molecule has 1 saturated heterocycles. The molecule has 0 bridgehead atoms. The maximum Gasteiger partial charge on any atom is 0.267 e. The zero-order chi connectivity index (χ0) is 20.5. The van der Waals surface area contributed by atoms with Gasteiger partial charge in [0.05, 0.1) is 4.91 Å². The van der Waals surface area contributed by atoms with Crippen LogP contribution in [0.15, 0.2) is 46.4 Å². The highest BCUT2D eigenvalue weighted by Gasteiger charge is 2.38. The molecule has 0 radical (unpaired) electrons. The molecule has 30 heavy (non-hydrogen) atoms. The molecular weight excluding hydrogens is 422 g/mol. The van der Waals surface area contributed by atoms with Crippen LogP contribution >= 0.6 is 23.4 Å². The molecule has 0 unspecified atom stereocenters. The molecule has 1 aromatic carbocycles. The minimum Gasteiger partial charge on any atom is -0.454 e. The first-order chi connectivity index (χ1) is 14.7. The van der Waals surface area contributed by atoms with E-state index in [-0.39, 0.29) is 18.7 Å². The Morgan fingerprint density at radius 1 is 1.17 bits per heavy atom. The fourth-order valence-electron chi connectivity index (χ4n) is 3.94. The van der Waals surface area contributed by atoms with Gasteiger partial charge in [0.25, 0.3) is 5.91 Å². The average Bonchev–Trinajstić information content (AvgIpc) is 3.34. The third kappa shape index (κ3) is 3.79. The van der Waals surface area contributed by atoms with Gasteiger partial charge in [-0.2, -0.15) is 0 Å². The predicted octanol–water partition coefficient (Wildman–Crippen LogP) is 5.40. The van der Waals surface area contributed by atoms with Crippen molar-refractivity contribution < 1.29 is 14.3 Å². The van der Waals surface area contributed by atoms with Crippen LogP contribution in [-0.4, -0.2) is 33.8 Å². The SMILES string of the molecule is O=C1/C(=C/c2ccc3c(c2)OCO3)SC(=Nc2cccnc2Cl)N1C1CCCCC1. The van der Waals surface area contributed by atoms with Crippen LogP contribution in [-0.2, 0) is 4.79 Å². The number of amidine groups is 1. The van der Waals surface area contributed by atoms with E-state index in [0.29, 0.717) is 26.7 Å². The smallest absolute Gasteiger partial charge is 0.267 e. The van der Waals surface area contributed by atoms with Gasteiger partial charge in [0.15, 0.2) is 21.8 Å². The van der Waals surface area contributed by atoms with Crippen LogP contribution in [0.25, 0.3) is 6.08 Å². The molecule has 3 heterocycles. The first-order valence-electron chi connectivity index (χ1n) is 10.0. The third-order valence-electron chi connectivity index (χ3n) is 5.43. The Kier molecular flexibility index (Phi) is 5.39. The summed E-state index contributed by atoms with van der Waals surface area (Å²) in [4.78, 5) is 24.7. The fourth-order valence-corrected chi connectivity index (χ4v) is 5.16. The number of halogens is 1. The predicted molar refractivity (Wildman–Crippen MR) is 118 cm³/mol. The number of carbonyl (C=O) groups is 1. The number of carbonyl (C=O) groups excluding carboxylic acids is 1. The van der Waals surface area contributed by atoms with Gasteiger partial charge in [-0.25, -0.2) is 9.98 Å². The van der Waals surface area contributed by atoms with E-state index in [9.17, 15) is 4.79 Å². The minimum atomic E-state index is -0.0108. The number of hydrogen-bond acceptors (Lipinski definition) is 6. The molecule has 0 spiro atoms. The Balaban J connectivity index is 1.51. The summed E-state index contributed by atoms with van der Waals surface area (Å²) in [6.07, 6.45) is 8.96. The first-order valence-corrected chi connectivity index (χ1v) is 11.2. The van der Waals surface area contributed by atoms with Gasteiger partial charge < -0.3 is 9.47 Å². The second-order valence-electron chi connectivity index (χ2n) is 7.40. The standard InChI is InChI=1S/C22H20ClN3O3S/c23-20-16(7-4-10-24-20)25-22-26(15-5-2-1-3-6-15)21(27)19(30-22)12-14-8-9-17-18(11-14)29-13-28-17/h4,7-12,15H,1-3,5-6,13H2/b19-12-,25-22?. The van der Waals surface area contributed by atoms with Crippen molar-refractivity contribution in [2.75, 3.05) is 6.79 Å². The summed E-state index contributed by atoms with van der Waals surface area (Å²) in [5.74, 6) is 1.41. The lowest BCUT2D eigenvalue weighted by Gasteiger charge is -2.30. The number of fused-ring (bicyclic) bond motifs is 1. The second kappa shape index (κ2) is 8.32. The highest BCUT2D eigenvalue weighted by atomic mass is 35.5. The van der Waals surface area contributed by atoms with E-state index in [0.717, 1.165) is 37.0 Å². The molecule has 2 fully saturated rings. The van der Waals surface area contributed by atoms with Crippen molar-refractivity contribution in [1.29, 1.82) is 0 Å². The second-order valence-corrected chi connectivity index (χ2v) is 8.77. The van der Waals surface area contributed by atoms with E-state index in [1.165, 1.54) is 18.2 Å². The average molecular weight is 442 g/mol. The zero-order valence-electron chi connectivity index (χ0n) is 16.2. The normalized spacial score (nSPS) is 21.8. The summed E-state index contributed by atoms with van der Waals surface area (Å²) in [5.41, 5.74) is 1.46. The van der Waals surface area contributed by atoms with Crippen molar-refractivity contribution in [3.63, 3.8) is 0 Å². The van der Waals surface area contributed by atoms with Gasteiger partial charge in [-0.1, -0.05) is 36.9 Å². The van der Waals surface area contributed by atoms with Crippen molar-refractivity contribution in [2.45, 2.75) is 38.1 Å². The van der Waals surface area contributed by atoms with Gasteiger partial charge in [-0.3, -0.25) is 9.69 Å². The van der Waals surface area contributed by atoms with Crippen molar-refractivity contribution in [1.82, 2.24) is 9.88 Å². The molecular formula is C22H20ClN3O3S. The summed E-state index contributed by atoms with van der Waals surface area (Å²) in [7, 11) is 0. The van der Waals surface area contributed by atoms with E-state index in [1.807, 2.05) is 35.2 Å². The molecule has 6 nitrogen and oxygen atoms in total. The highest BCUT2D eigenvalue weighted by Crippen LogP contribution is 2.40. The quantitative estimate of drug-likeness (QED) is 0.471. The molecule has 0 atom stereocenters. The molecule has 3 aliphatic rings. The number of hydrogen-bond donors (Lipinski definition) is 0. The summed E-state index contributed by atoms with van der Waals surface area (Å²) in [6.45, 7) is 0.223. The lowest BCUT2D eigenvalue weighted by molar-refractivity contribution is -0.124. The van der Waals surface area contributed by atoms with Crippen LogP contribution < -0.4 is 9.47 Å². The van der Waals surface area contributed by atoms with Gasteiger partial charge in [0.1, 0.15) is 5.69 Å². The van der Waals surface area contributed by atoms with Crippen LogP contribution in [0.3, 0.4) is 0 Å². The number of ether oxygens (including phenoxy) is 2. The van der Waals surface area contributed by atoms with Crippen molar-refractivity contribution >= 4 is 46.2 Å². The Morgan fingerprint density at radius 2 is 2.00 bits per heavy atom. The van der Waals surface area contributed by atoms with E-state index in [2.05, 4.69) is 4.98 Å². The molecule has 2 aliphatic heterocycles. The molecule has 0 N–H and O–H groups in total. The third-order valence-corrected chi connectivity index (χ3v) is 6.70. The number of rotatable bonds is 3. The maximum absolute atomic E-state index is 13.4. The summed E-state index contributed by atoms with van der Waals surface area (Å²) < 4.78 is 10.8. The van der Waals surface area contributed by atoms with Crippen molar-refractivity contribution in [2.24, 2.45) is 4.99 Å². The molecule has 154 valence electrons. The van der Waals surface area contributed by atoms with Gasteiger partial charge in [-0.15, -0.1) is 0 Å². The van der Waals surface area contributed by atoms with Gasteiger partial charge in [-0.05, 0) is 60.5 Å². The van der Waals surface area contributed by atoms with E-state index in [1.54, 1.807) is 12.3 Å². The Hall–Kier alpha value is -2.51. The van der Waals surface area contributed by atoms with Crippen LogP contribution in [0.2, 0.25) is 5.15 Å². The monoisotopic (exact) mass is 441 g/mol. The van der Waals surface area contributed by atoms with E-state index >= 15 is 0 Å². The van der Waals surface area contributed by atoms with E-state index in [4.69, 9.17) is 26.1 Å². The van der Waals surface area contributed by atoms with Crippen molar-refractivity contribution in [3.05, 3.63) is 52.2 Å². The topological polar surface area (TPSA) is 64.0 Å². The molecule has 8 heteroatoms. The van der Waals surface area contributed by atoms with Gasteiger partial charge >= 0.3 is 0 Å².